The molecule has 2 heterocycles. The molecule has 1 unspecified atom stereocenters. The number of nitrogens with zero attached hydrogens (tertiary/aromatic N) is 3. The quantitative estimate of drug-likeness (QED) is 0.857. The van der Waals surface area contributed by atoms with Crippen molar-refractivity contribution in [1.82, 2.24) is 14.9 Å². The lowest BCUT2D eigenvalue weighted by molar-refractivity contribution is 0.0346. The minimum atomic E-state index is -0.202. The third kappa shape index (κ3) is 4.33. The highest BCUT2D eigenvalue weighted by Gasteiger charge is 2.29. The first-order valence-corrected chi connectivity index (χ1v) is 8.54. The van der Waals surface area contributed by atoms with E-state index in [0.717, 1.165) is 56.5 Å². The summed E-state index contributed by atoms with van der Waals surface area (Å²) in [4.78, 5) is 22.7. The van der Waals surface area contributed by atoms with Gasteiger partial charge >= 0.3 is 12.1 Å². The Kier molecular flexibility index (Phi) is 4.98. The maximum atomic E-state index is 12.3. The molecule has 23 heavy (non-hydrogen) atoms. The Balaban J connectivity index is 1.55. The Hall–Kier alpha value is -1.85. The first-order valence-electron chi connectivity index (χ1n) is 8.54. The number of piperidine rings is 1. The van der Waals surface area contributed by atoms with E-state index in [0.29, 0.717) is 12.6 Å². The fourth-order valence-electron chi connectivity index (χ4n) is 3.32. The summed E-state index contributed by atoms with van der Waals surface area (Å²) in [5.41, 5.74) is 1.78. The van der Waals surface area contributed by atoms with Crippen molar-refractivity contribution in [3.63, 3.8) is 0 Å². The van der Waals surface area contributed by atoms with Gasteiger partial charge in [0.2, 0.25) is 0 Å². The minimum Gasteiger partial charge on any atom is -0.458 e. The Morgan fingerprint density at radius 3 is 2.43 bits per heavy atom. The van der Waals surface area contributed by atoms with Gasteiger partial charge < -0.3 is 14.4 Å². The van der Waals surface area contributed by atoms with Crippen molar-refractivity contribution >= 4 is 6.09 Å². The van der Waals surface area contributed by atoms with Crippen molar-refractivity contribution in [2.75, 3.05) is 13.1 Å². The van der Waals surface area contributed by atoms with Gasteiger partial charge in [-0.2, -0.15) is 0 Å². The van der Waals surface area contributed by atoms with E-state index in [4.69, 9.17) is 9.47 Å². The molecule has 0 bridgehead atoms. The zero-order chi connectivity index (χ0) is 16.2. The average molecular weight is 319 g/mol. The van der Waals surface area contributed by atoms with Gasteiger partial charge in [-0.1, -0.05) is 0 Å². The van der Waals surface area contributed by atoms with Crippen LogP contribution in [0, 0.1) is 13.8 Å². The van der Waals surface area contributed by atoms with Crippen LogP contribution in [0.4, 0.5) is 4.79 Å². The highest BCUT2D eigenvalue weighted by molar-refractivity contribution is 5.68. The third-order valence-electron chi connectivity index (χ3n) is 4.44. The topological polar surface area (TPSA) is 64.5 Å². The molecule has 0 radical (unpaired) electrons. The number of amides is 1. The molecule has 1 amide bonds. The number of aryl methyl sites for hydroxylation is 2. The van der Waals surface area contributed by atoms with Gasteiger partial charge in [0.15, 0.2) is 0 Å². The van der Waals surface area contributed by atoms with Crippen LogP contribution < -0.4 is 4.74 Å². The fourth-order valence-corrected chi connectivity index (χ4v) is 3.32. The Morgan fingerprint density at radius 2 is 1.74 bits per heavy atom. The number of carbonyl (C=O) groups excluding carboxylic acids is 1. The third-order valence-corrected chi connectivity index (χ3v) is 4.44. The number of aromatic nitrogens is 2. The SMILES string of the molecule is Cc1cc(C)nc(OC2CCCN(C(=O)OC3CCCC3)C2)n1. The zero-order valence-electron chi connectivity index (χ0n) is 14.0. The highest BCUT2D eigenvalue weighted by atomic mass is 16.6. The van der Waals surface area contributed by atoms with Crippen LogP contribution in [-0.2, 0) is 4.74 Å². The normalized spacial score (nSPS) is 22.2. The molecule has 2 aliphatic rings. The van der Waals surface area contributed by atoms with Gasteiger partial charge in [0, 0.05) is 17.9 Å². The van der Waals surface area contributed by atoms with E-state index in [9.17, 15) is 4.79 Å². The van der Waals surface area contributed by atoms with Crippen LogP contribution in [-0.4, -0.2) is 46.3 Å². The van der Waals surface area contributed by atoms with E-state index in [1.165, 1.54) is 0 Å². The van der Waals surface area contributed by atoms with Gasteiger partial charge in [0.1, 0.15) is 12.2 Å². The van der Waals surface area contributed by atoms with Crippen LogP contribution in [0.25, 0.3) is 0 Å². The van der Waals surface area contributed by atoms with Crippen molar-refractivity contribution in [2.24, 2.45) is 0 Å². The second-order valence-corrected chi connectivity index (χ2v) is 6.55. The zero-order valence-corrected chi connectivity index (χ0v) is 14.0. The van der Waals surface area contributed by atoms with Crippen molar-refractivity contribution in [2.45, 2.75) is 64.6 Å². The predicted molar refractivity (Wildman–Crippen MR) is 85.5 cm³/mol. The van der Waals surface area contributed by atoms with E-state index >= 15 is 0 Å². The lowest BCUT2D eigenvalue weighted by atomic mass is 10.1. The summed E-state index contributed by atoms with van der Waals surface area (Å²) in [6.45, 7) is 5.13. The van der Waals surface area contributed by atoms with Gasteiger partial charge in [0.25, 0.3) is 0 Å². The Labute approximate surface area is 137 Å². The number of rotatable bonds is 3. The summed E-state index contributed by atoms with van der Waals surface area (Å²) >= 11 is 0. The van der Waals surface area contributed by atoms with Crippen molar-refractivity contribution in [3.05, 3.63) is 17.5 Å². The maximum Gasteiger partial charge on any atom is 0.410 e. The number of hydrogen-bond acceptors (Lipinski definition) is 5. The molecule has 3 rings (SSSR count). The summed E-state index contributed by atoms with van der Waals surface area (Å²) in [5.74, 6) is 0. The summed E-state index contributed by atoms with van der Waals surface area (Å²) in [6, 6.07) is 2.32. The summed E-state index contributed by atoms with van der Waals surface area (Å²) in [7, 11) is 0. The van der Waals surface area contributed by atoms with Crippen molar-refractivity contribution < 1.29 is 14.3 Å². The molecule has 0 spiro atoms. The Morgan fingerprint density at radius 1 is 1.09 bits per heavy atom. The molecule has 1 atom stereocenters. The second-order valence-electron chi connectivity index (χ2n) is 6.55. The molecule has 1 aromatic rings. The molecule has 2 fully saturated rings. The lowest BCUT2D eigenvalue weighted by Crippen LogP contribution is -2.45. The van der Waals surface area contributed by atoms with Crippen LogP contribution in [0.2, 0.25) is 0 Å². The average Bonchev–Trinajstić information content (AvgIpc) is 2.99. The largest absolute Gasteiger partial charge is 0.458 e. The highest BCUT2D eigenvalue weighted by Crippen LogP contribution is 2.23. The minimum absolute atomic E-state index is 0.0684. The first kappa shape index (κ1) is 16.0. The molecule has 1 saturated carbocycles. The number of carbonyl (C=O) groups is 1. The van der Waals surface area contributed by atoms with Crippen LogP contribution in [0.15, 0.2) is 6.07 Å². The number of likely N-dealkylation sites (tertiary alicyclic amines) is 1. The predicted octanol–water partition coefficient (Wildman–Crippen LogP) is 3.02. The van der Waals surface area contributed by atoms with Gasteiger partial charge in [-0.15, -0.1) is 0 Å². The van der Waals surface area contributed by atoms with Crippen LogP contribution in [0.5, 0.6) is 6.01 Å². The molecule has 6 nitrogen and oxygen atoms in total. The molecule has 0 aromatic carbocycles. The summed E-state index contributed by atoms with van der Waals surface area (Å²) in [6.07, 6.45) is 5.96. The van der Waals surface area contributed by atoms with Gasteiger partial charge in [0.05, 0.1) is 6.54 Å². The molecular formula is C17H25N3O3. The van der Waals surface area contributed by atoms with E-state index in [-0.39, 0.29) is 18.3 Å². The lowest BCUT2D eigenvalue weighted by Gasteiger charge is -2.32. The molecular weight excluding hydrogens is 294 g/mol. The smallest absolute Gasteiger partial charge is 0.410 e. The fraction of sp³-hybridized carbons (Fsp3) is 0.706. The standard InChI is InChI=1S/C17H25N3O3/c1-12-10-13(2)19-16(18-12)22-15-8-5-9-20(11-15)17(21)23-14-6-3-4-7-14/h10,14-15H,3-9,11H2,1-2H3. The van der Waals surface area contributed by atoms with E-state index in [1.54, 1.807) is 4.90 Å². The molecule has 1 aliphatic carbocycles. The summed E-state index contributed by atoms with van der Waals surface area (Å²) < 4.78 is 11.5. The molecule has 1 aromatic heterocycles. The number of hydrogen-bond donors (Lipinski definition) is 0. The van der Waals surface area contributed by atoms with E-state index < -0.39 is 0 Å². The van der Waals surface area contributed by atoms with E-state index in [2.05, 4.69) is 9.97 Å². The molecule has 126 valence electrons. The van der Waals surface area contributed by atoms with Crippen molar-refractivity contribution in [3.8, 4) is 6.01 Å². The van der Waals surface area contributed by atoms with Crippen molar-refractivity contribution in [1.29, 1.82) is 0 Å². The first-order chi connectivity index (χ1) is 11.1. The second kappa shape index (κ2) is 7.15. The molecule has 1 aliphatic heterocycles. The molecule has 0 N–H and O–H groups in total. The monoisotopic (exact) mass is 319 g/mol. The van der Waals surface area contributed by atoms with Crippen LogP contribution >= 0.6 is 0 Å². The molecule has 1 saturated heterocycles. The van der Waals surface area contributed by atoms with Gasteiger partial charge in [-0.3, -0.25) is 0 Å². The van der Waals surface area contributed by atoms with E-state index in [1.807, 2.05) is 19.9 Å². The Bertz CT molecular complexity index is 538. The van der Waals surface area contributed by atoms with Gasteiger partial charge in [-0.25, -0.2) is 14.8 Å². The summed E-state index contributed by atoms with van der Waals surface area (Å²) in [5, 5.41) is 0. The number of ether oxygens (including phenoxy) is 2. The van der Waals surface area contributed by atoms with Gasteiger partial charge in [-0.05, 0) is 58.4 Å². The maximum absolute atomic E-state index is 12.3. The molecule has 6 heteroatoms. The van der Waals surface area contributed by atoms with Crippen LogP contribution in [0.3, 0.4) is 0 Å². The van der Waals surface area contributed by atoms with Crippen LogP contribution in [0.1, 0.15) is 49.9 Å².